The number of esters is 1. The Bertz CT molecular complexity index is 525. The molecule has 1 aliphatic rings. The Morgan fingerprint density at radius 3 is 3.05 bits per heavy atom. The average molecular weight is 279 g/mol. The highest BCUT2D eigenvalue weighted by Gasteiger charge is 2.27. The highest BCUT2D eigenvalue weighted by Crippen LogP contribution is 2.28. The fourth-order valence-electron chi connectivity index (χ4n) is 2.43. The van der Waals surface area contributed by atoms with E-state index >= 15 is 0 Å². The van der Waals surface area contributed by atoms with Gasteiger partial charge in [0, 0.05) is 18.1 Å². The number of anilines is 1. The van der Waals surface area contributed by atoms with Gasteiger partial charge in [0.2, 0.25) is 0 Å². The Kier molecular flexibility index (Phi) is 4.28. The number of nitriles is 1. The molecule has 4 nitrogen and oxygen atoms in total. The van der Waals surface area contributed by atoms with Crippen LogP contribution in [0.25, 0.3) is 0 Å². The van der Waals surface area contributed by atoms with Crippen LogP contribution in [0.4, 0.5) is 5.69 Å². The van der Waals surface area contributed by atoms with E-state index < -0.39 is 0 Å². The van der Waals surface area contributed by atoms with Gasteiger partial charge >= 0.3 is 5.97 Å². The number of hydrogen-bond donors (Lipinski definition) is 0. The number of halogens is 1. The Morgan fingerprint density at radius 1 is 1.58 bits per heavy atom. The maximum Gasteiger partial charge on any atom is 0.310 e. The van der Waals surface area contributed by atoms with Crippen molar-refractivity contribution in [2.24, 2.45) is 5.92 Å². The second-order valence-electron chi connectivity index (χ2n) is 4.58. The number of rotatable bonds is 2. The second kappa shape index (κ2) is 5.94. The third kappa shape index (κ3) is 2.99. The minimum Gasteiger partial charge on any atom is -0.469 e. The molecule has 1 atom stereocenters. The molecule has 1 aromatic carbocycles. The van der Waals surface area contributed by atoms with Crippen molar-refractivity contribution in [1.29, 1.82) is 5.26 Å². The molecular weight excluding hydrogens is 264 g/mol. The summed E-state index contributed by atoms with van der Waals surface area (Å²) in [6.07, 6.45) is 1.74. The molecule has 0 aromatic heterocycles. The van der Waals surface area contributed by atoms with Crippen LogP contribution < -0.4 is 4.90 Å². The Labute approximate surface area is 117 Å². The van der Waals surface area contributed by atoms with Crippen LogP contribution in [-0.4, -0.2) is 26.2 Å². The van der Waals surface area contributed by atoms with Crippen LogP contribution in [0.1, 0.15) is 18.4 Å². The normalized spacial score (nSPS) is 18.8. The first-order chi connectivity index (χ1) is 9.15. The van der Waals surface area contributed by atoms with E-state index in [0.29, 0.717) is 17.1 Å². The second-order valence-corrected chi connectivity index (χ2v) is 5.02. The van der Waals surface area contributed by atoms with Crippen LogP contribution in [0.15, 0.2) is 18.2 Å². The molecule has 1 fully saturated rings. The topological polar surface area (TPSA) is 53.3 Å². The summed E-state index contributed by atoms with van der Waals surface area (Å²) in [5.41, 5.74) is 1.37. The Hall–Kier alpha value is -1.73. The maximum absolute atomic E-state index is 11.6. The molecule has 0 amide bonds. The van der Waals surface area contributed by atoms with Crippen LogP contribution in [-0.2, 0) is 9.53 Å². The first-order valence-electron chi connectivity index (χ1n) is 6.18. The van der Waals surface area contributed by atoms with Gasteiger partial charge in [0.15, 0.2) is 0 Å². The number of piperidine rings is 1. The molecule has 1 aromatic rings. The number of benzene rings is 1. The van der Waals surface area contributed by atoms with Gasteiger partial charge in [-0.05, 0) is 31.0 Å². The molecule has 2 rings (SSSR count). The average Bonchev–Trinajstić information content (AvgIpc) is 2.46. The lowest BCUT2D eigenvalue weighted by atomic mass is 9.97. The van der Waals surface area contributed by atoms with Gasteiger partial charge in [-0.2, -0.15) is 5.26 Å². The van der Waals surface area contributed by atoms with Crippen molar-refractivity contribution in [3.8, 4) is 6.07 Å². The van der Waals surface area contributed by atoms with Gasteiger partial charge in [-0.1, -0.05) is 11.6 Å². The number of ether oxygens (including phenoxy) is 1. The van der Waals surface area contributed by atoms with Crippen LogP contribution in [0, 0.1) is 17.2 Å². The van der Waals surface area contributed by atoms with Crippen molar-refractivity contribution in [2.75, 3.05) is 25.1 Å². The minimum atomic E-state index is -0.183. The molecule has 0 N–H and O–H groups in total. The molecule has 1 heterocycles. The Morgan fingerprint density at radius 2 is 2.37 bits per heavy atom. The zero-order chi connectivity index (χ0) is 13.8. The number of methoxy groups -OCH3 is 1. The molecule has 0 saturated carbocycles. The molecule has 0 bridgehead atoms. The van der Waals surface area contributed by atoms with Gasteiger partial charge in [0.1, 0.15) is 6.07 Å². The van der Waals surface area contributed by atoms with E-state index in [-0.39, 0.29) is 11.9 Å². The van der Waals surface area contributed by atoms with Gasteiger partial charge in [-0.25, -0.2) is 0 Å². The maximum atomic E-state index is 11.6. The molecule has 0 radical (unpaired) electrons. The van der Waals surface area contributed by atoms with Gasteiger partial charge in [0.05, 0.1) is 24.3 Å². The monoisotopic (exact) mass is 278 g/mol. The Balaban J connectivity index is 2.22. The third-order valence-electron chi connectivity index (χ3n) is 3.38. The van der Waals surface area contributed by atoms with E-state index in [1.54, 1.807) is 12.1 Å². The summed E-state index contributed by atoms with van der Waals surface area (Å²) in [7, 11) is 1.41. The van der Waals surface area contributed by atoms with Crippen molar-refractivity contribution in [1.82, 2.24) is 0 Å². The number of hydrogen-bond acceptors (Lipinski definition) is 4. The molecule has 100 valence electrons. The van der Waals surface area contributed by atoms with E-state index in [9.17, 15) is 4.79 Å². The first-order valence-corrected chi connectivity index (χ1v) is 6.56. The molecular formula is C14H15ClN2O2. The summed E-state index contributed by atoms with van der Waals surface area (Å²) >= 11 is 5.89. The van der Waals surface area contributed by atoms with Crippen LogP contribution in [0.2, 0.25) is 5.02 Å². The van der Waals surface area contributed by atoms with E-state index in [2.05, 4.69) is 11.0 Å². The largest absolute Gasteiger partial charge is 0.469 e. The lowest BCUT2D eigenvalue weighted by Crippen LogP contribution is -2.39. The molecule has 0 unspecified atom stereocenters. The number of nitrogens with zero attached hydrogens (tertiary/aromatic N) is 2. The van der Waals surface area contributed by atoms with Gasteiger partial charge < -0.3 is 9.64 Å². The zero-order valence-electron chi connectivity index (χ0n) is 10.7. The third-order valence-corrected chi connectivity index (χ3v) is 3.61. The molecule has 1 aliphatic heterocycles. The lowest BCUT2D eigenvalue weighted by Gasteiger charge is -2.33. The number of carbonyl (C=O) groups excluding carboxylic acids is 1. The van der Waals surface area contributed by atoms with Crippen LogP contribution >= 0.6 is 11.6 Å². The zero-order valence-corrected chi connectivity index (χ0v) is 11.5. The molecule has 5 heteroatoms. The summed E-state index contributed by atoms with van der Waals surface area (Å²) in [6, 6.07) is 7.40. The predicted molar refractivity (Wildman–Crippen MR) is 73.1 cm³/mol. The standard InChI is InChI=1S/C14H15ClN2O2/c1-19-14(18)10-3-2-6-17(9-10)13-5-4-12(15)7-11(13)8-16/h4-5,7,10H,2-3,6,9H2,1H3/t10-/m0/s1. The van der Waals surface area contributed by atoms with Crippen molar-refractivity contribution >= 4 is 23.3 Å². The highest BCUT2D eigenvalue weighted by atomic mass is 35.5. The highest BCUT2D eigenvalue weighted by molar-refractivity contribution is 6.30. The van der Waals surface area contributed by atoms with E-state index in [0.717, 1.165) is 25.1 Å². The molecule has 19 heavy (non-hydrogen) atoms. The van der Waals surface area contributed by atoms with E-state index in [1.165, 1.54) is 7.11 Å². The summed E-state index contributed by atoms with van der Waals surface area (Å²) < 4.78 is 4.80. The van der Waals surface area contributed by atoms with Gasteiger partial charge in [-0.3, -0.25) is 4.79 Å². The van der Waals surface area contributed by atoms with Crippen molar-refractivity contribution in [3.63, 3.8) is 0 Å². The van der Waals surface area contributed by atoms with Gasteiger partial charge in [0.25, 0.3) is 0 Å². The van der Waals surface area contributed by atoms with E-state index in [4.69, 9.17) is 21.6 Å². The lowest BCUT2D eigenvalue weighted by molar-refractivity contribution is -0.145. The first kappa shape index (κ1) is 13.7. The summed E-state index contributed by atoms with van der Waals surface area (Å²) in [5.74, 6) is -0.307. The number of carbonyl (C=O) groups is 1. The molecule has 0 aliphatic carbocycles. The van der Waals surface area contributed by atoms with Crippen LogP contribution in [0.3, 0.4) is 0 Å². The van der Waals surface area contributed by atoms with E-state index in [1.807, 2.05) is 6.07 Å². The van der Waals surface area contributed by atoms with Gasteiger partial charge in [-0.15, -0.1) is 0 Å². The fourth-order valence-corrected chi connectivity index (χ4v) is 2.60. The summed E-state index contributed by atoms with van der Waals surface area (Å²) in [4.78, 5) is 13.7. The predicted octanol–water partition coefficient (Wildman–Crippen LogP) is 2.60. The molecule has 1 saturated heterocycles. The molecule has 0 spiro atoms. The minimum absolute atomic E-state index is 0.124. The quantitative estimate of drug-likeness (QED) is 0.780. The summed E-state index contributed by atoms with van der Waals surface area (Å²) in [6.45, 7) is 1.42. The van der Waals surface area contributed by atoms with Crippen molar-refractivity contribution in [2.45, 2.75) is 12.8 Å². The van der Waals surface area contributed by atoms with Crippen molar-refractivity contribution in [3.05, 3.63) is 28.8 Å². The fraction of sp³-hybridized carbons (Fsp3) is 0.429. The SMILES string of the molecule is COC(=O)[C@H]1CCCN(c2ccc(Cl)cc2C#N)C1. The van der Waals surface area contributed by atoms with Crippen LogP contribution in [0.5, 0.6) is 0 Å². The summed E-state index contributed by atoms with van der Waals surface area (Å²) in [5, 5.41) is 9.71. The van der Waals surface area contributed by atoms with Crippen molar-refractivity contribution < 1.29 is 9.53 Å². The smallest absolute Gasteiger partial charge is 0.310 e.